The Morgan fingerprint density at radius 2 is 2.06 bits per heavy atom. The minimum absolute atomic E-state index is 0.337. The van der Waals surface area contributed by atoms with Gasteiger partial charge >= 0.3 is 0 Å². The molecule has 98 valence electrons. The van der Waals surface area contributed by atoms with Gasteiger partial charge in [0.15, 0.2) is 0 Å². The maximum atomic E-state index is 11.8. The molecule has 0 radical (unpaired) electrons. The third-order valence-electron chi connectivity index (χ3n) is 3.38. The molecule has 2 aliphatic heterocycles. The summed E-state index contributed by atoms with van der Waals surface area (Å²) in [7, 11) is 5.79. The summed E-state index contributed by atoms with van der Waals surface area (Å²) < 4.78 is 1.99. The Morgan fingerprint density at radius 3 is 2.88 bits per heavy atom. The number of nitrogens with zero attached hydrogens (tertiary/aromatic N) is 2. The SMILES string of the molecule is CN1CCCC(SSN2CCCCCC2=O)C1. The molecule has 0 bridgehead atoms. The first-order valence-electron chi connectivity index (χ1n) is 6.58. The predicted octanol–water partition coefficient (Wildman–Crippen LogP) is 2.78. The van der Waals surface area contributed by atoms with Crippen LogP contribution in [0.15, 0.2) is 0 Å². The second kappa shape index (κ2) is 6.90. The minimum Gasteiger partial charge on any atom is -0.305 e. The lowest BCUT2D eigenvalue weighted by molar-refractivity contribution is -0.125. The monoisotopic (exact) mass is 274 g/mol. The smallest absolute Gasteiger partial charge is 0.233 e. The predicted molar refractivity (Wildman–Crippen MR) is 75.9 cm³/mol. The quantitative estimate of drug-likeness (QED) is 0.583. The van der Waals surface area contributed by atoms with Crippen molar-refractivity contribution in [1.82, 2.24) is 9.21 Å². The van der Waals surface area contributed by atoms with Crippen LogP contribution in [0, 0.1) is 0 Å². The number of hydrogen-bond donors (Lipinski definition) is 0. The molecular formula is C12H22N2OS2. The fourth-order valence-electron chi connectivity index (χ4n) is 2.35. The van der Waals surface area contributed by atoms with E-state index in [0.29, 0.717) is 11.2 Å². The molecule has 1 atom stereocenters. The Labute approximate surface area is 112 Å². The van der Waals surface area contributed by atoms with Gasteiger partial charge in [0.05, 0.1) is 0 Å². The van der Waals surface area contributed by atoms with Crippen molar-refractivity contribution < 1.29 is 4.79 Å². The third-order valence-corrected chi connectivity index (χ3v) is 6.30. The molecule has 2 fully saturated rings. The zero-order chi connectivity index (χ0) is 12.1. The first-order chi connectivity index (χ1) is 8.25. The van der Waals surface area contributed by atoms with Crippen molar-refractivity contribution in [3.63, 3.8) is 0 Å². The van der Waals surface area contributed by atoms with Gasteiger partial charge in [-0.3, -0.25) is 9.10 Å². The lowest BCUT2D eigenvalue weighted by atomic mass is 10.1. The van der Waals surface area contributed by atoms with E-state index in [1.165, 1.54) is 38.8 Å². The molecule has 0 aromatic carbocycles. The maximum Gasteiger partial charge on any atom is 0.233 e. The van der Waals surface area contributed by atoms with Crippen molar-refractivity contribution in [3.8, 4) is 0 Å². The number of likely N-dealkylation sites (tertiary alicyclic amines) is 1. The fourth-order valence-corrected chi connectivity index (χ4v) is 5.15. The van der Waals surface area contributed by atoms with Crippen LogP contribution in [0.1, 0.15) is 38.5 Å². The average molecular weight is 274 g/mol. The van der Waals surface area contributed by atoms with Crippen LogP contribution >= 0.6 is 21.8 Å². The zero-order valence-corrected chi connectivity index (χ0v) is 12.2. The van der Waals surface area contributed by atoms with Gasteiger partial charge in [-0.05, 0) is 39.3 Å². The summed E-state index contributed by atoms with van der Waals surface area (Å²) in [5.74, 6) is 0.337. The van der Waals surface area contributed by atoms with Gasteiger partial charge in [0.2, 0.25) is 5.91 Å². The highest BCUT2D eigenvalue weighted by atomic mass is 33.1. The summed E-state index contributed by atoms with van der Waals surface area (Å²) in [5, 5.41) is 0.690. The van der Waals surface area contributed by atoms with Gasteiger partial charge in [-0.15, -0.1) is 0 Å². The number of piperidine rings is 1. The first kappa shape index (κ1) is 13.6. The molecule has 0 aliphatic carbocycles. The van der Waals surface area contributed by atoms with Crippen LogP contribution in [0.3, 0.4) is 0 Å². The molecule has 2 heterocycles. The molecule has 0 spiro atoms. The van der Waals surface area contributed by atoms with E-state index in [2.05, 4.69) is 11.9 Å². The summed E-state index contributed by atoms with van der Waals surface area (Å²) >= 11 is 0. The largest absolute Gasteiger partial charge is 0.305 e. The third kappa shape index (κ3) is 4.38. The van der Waals surface area contributed by atoms with Crippen molar-refractivity contribution in [2.45, 2.75) is 43.8 Å². The summed E-state index contributed by atoms with van der Waals surface area (Å²) in [5.41, 5.74) is 0. The topological polar surface area (TPSA) is 23.6 Å². The molecular weight excluding hydrogens is 252 g/mol. The highest BCUT2D eigenvalue weighted by molar-refractivity contribution is 8.76. The molecule has 0 saturated carbocycles. The average Bonchev–Trinajstić information content (AvgIpc) is 2.52. The van der Waals surface area contributed by atoms with Gasteiger partial charge in [-0.1, -0.05) is 17.2 Å². The van der Waals surface area contributed by atoms with Gasteiger partial charge in [0.25, 0.3) is 0 Å². The van der Waals surface area contributed by atoms with Crippen LogP contribution in [0.25, 0.3) is 0 Å². The van der Waals surface area contributed by atoms with Gasteiger partial charge in [0, 0.05) is 35.7 Å². The summed E-state index contributed by atoms with van der Waals surface area (Å²) in [6.07, 6.45) is 6.79. The van der Waals surface area contributed by atoms with Crippen molar-refractivity contribution in [2.75, 3.05) is 26.7 Å². The van der Waals surface area contributed by atoms with Crippen molar-refractivity contribution >= 4 is 27.7 Å². The van der Waals surface area contributed by atoms with Gasteiger partial charge in [-0.25, -0.2) is 0 Å². The van der Waals surface area contributed by atoms with Crippen LogP contribution in [0.5, 0.6) is 0 Å². The van der Waals surface area contributed by atoms with Crippen LogP contribution in [0.2, 0.25) is 0 Å². The molecule has 2 rings (SSSR count). The maximum absolute atomic E-state index is 11.8. The zero-order valence-electron chi connectivity index (χ0n) is 10.6. The standard InChI is InChI=1S/C12H22N2OS2/c1-13-8-5-6-11(10-13)16-17-14-9-4-2-3-7-12(14)15/h11H,2-10H2,1H3. The number of carbonyl (C=O) groups is 1. The second-order valence-electron chi connectivity index (χ2n) is 5.00. The normalized spacial score (nSPS) is 28.2. The Balaban J connectivity index is 1.74. The van der Waals surface area contributed by atoms with Crippen molar-refractivity contribution in [2.24, 2.45) is 0 Å². The molecule has 0 N–H and O–H groups in total. The van der Waals surface area contributed by atoms with Crippen molar-refractivity contribution in [3.05, 3.63) is 0 Å². The molecule has 2 saturated heterocycles. The molecule has 3 nitrogen and oxygen atoms in total. The van der Waals surface area contributed by atoms with E-state index in [1.807, 2.05) is 15.1 Å². The Kier molecular flexibility index (Phi) is 5.50. The Bertz CT molecular complexity index is 263. The number of amides is 1. The first-order valence-corrected chi connectivity index (χ1v) is 8.75. The van der Waals surface area contributed by atoms with E-state index in [4.69, 9.17) is 0 Å². The van der Waals surface area contributed by atoms with E-state index >= 15 is 0 Å². The van der Waals surface area contributed by atoms with Gasteiger partial charge in [0.1, 0.15) is 0 Å². The molecule has 2 aliphatic rings. The van der Waals surface area contributed by atoms with Crippen LogP contribution < -0.4 is 0 Å². The second-order valence-corrected chi connectivity index (χ2v) is 7.48. The summed E-state index contributed by atoms with van der Waals surface area (Å²) in [4.78, 5) is 14.2. The molecule has 1 amide bonds. The molecule has 0 aromatic rings. The number of hydrogen-bond acceptors (Lipinski definition) is 4. The lowest BCUT2D eigenvalue weighted by Gasteiger charge is -2.30. The van der Waals surface area contributed by atoms with E-state index in [1.54, 1.807) is 11.0 Å². The van der Waals surface area contributed by atoms with Gasteiger partial charge in [-0.2, -0.15) is 0 Å². The van der Waals surface area contributed by atoms with E-state index in [9.17, 15) is 4.79 Å². The van der Waals surface area contributed by atoms with E-state index in [-0.39, 0.29) is 0 Å². The highest BCUT2D eigenvalue weighted by Gasteiger charge is 2.22. The van der Waals surface area contributed by atoms with Gasteiger partial charge < -0.3 is 4.90 Å². The number of rotatable bonds is 3. The molecule has 5 heteroatoms. The Morgan fingerprint density at radius 1 is 1.18 bits per heavy atom. The molecule has 1 unspecified atom stereocenters. The lowest BCUT2D eigenvalue weighted by Crippen LogP contribution is -2.33. The highest BCUT2D eigenvalue weighted by Crippen LogP contribution is 2.36. The molecule has 17 heavy (non-hydrogen) atoms. The van der Waals surface area contributed by atoms with E-state index in [0.717, 1.165) is 19.4 Å². The fraction of sp³-hybridized carbons (Fsp3) is 0.917. The van der Waals surface area contributed by atoms with E-state index < -0.39 is 0 Å². The van der Waals surface area contributed by atoms with Crippen LogP contribution in [0.4, 0.5) is 0 Å². The van der Waals surface area contributed by atoms with Crippen molar-refractivity contribution in [1.29, 1.82) is 0 Å². The number of carbonyl (C=O) groups excluding carboxylic acids is 1. The summed E-state index contributed by atoms with van der Waals surface area (Å²) in [6, 6.07) is 0. The van der Waals surface area contributed by atoms with Crippen LogP contribution in [-0.4, -0.2) is 47.0 Å². The van der Waals surface area contributed by atoms with Crippen LogP contribution in [-0.2, 0) is 4.79 Å². The summed E-state index contributed by atoms with van der Waals surface area (Å²) in [6.45, 7) is 3.34. The molecule has 0 aromatic heterocycles. The minimum atomic E-state index is 0.337. The Hall–Kier alpha value is 0.130.